The molecule has 1 amide bonds. The summed E-state index contributed by atoms with van der Waals surface area (Å²) in [5.41, 5.74) is 0. The van der Waals surface area contributed by atoms with Gasteiger partial charge in [0, 0.05) is 6.42 Å². The van der Waals surface area contributed by atoms with Crippen LogP contribution in [0.15, 0.2) is 97.2 Å². The number of allylic oxidation sites excluding steroid dienone is 15. The summed E-state index contributed by atoms with van der Waals surface area (Å²) < 4.78 is 34.3. The lowest BCUT2D eigenvalue weighted by Gasteiger charge is -2.48. The van der Waals surface area contributed by atoms with Gasteiger partial charge in [-0.25, -0.2) is 0 Å². The van der Waals surface area contributed by atoms with Crippen LogP contribution in [0.5, 0.6) is 0 Å². The van der Waals surface area contributed by atoms with E-state index >= 15 is 0 Å². The van der Waals surface area contributed by atoms with Gasteiger partial charge in [0.1, 0.15) is 73.2 Å². The molecule has 0 saturated carbocycles. The van der Waals surface area contributed by atoms with Crippen molar-refractivity contribution in [1.82, 2.24) is 5.32 Å². The van der Waals surface area contributed by atoms with Crippen molar-refractivity contribution in [1.29, 1.82) is 0 Å². The number of nitrogens with one attached hydrogen (secondary N) is 1. The van der Waals surface area contributed by atoms with Crippen molar-refractivity contribution in [2.75, 3.05) is 26.4 Å². The molecule has 3 aliphatic rings. The van der Waals surface area contributed by atoms with Gasteiger partial charge in [-0.2, -0.15) is 0 Å². The summed E-state index contributed by atoms with van der Waals surface area (Å²) in [5.74, 6) is -0.293. The third-order valence-corrected chi connectivity index (χ3v) is 16.8. The average molecular weight is 1290 g/mol. The molecule has 17 atom stereocenters. The number of amides is 1. The summed E-state index contributed by atoms with van der Waals surface area (Å²) in [6.07, 6.45) is 42.6. The Bertz CT molecular complexity index is 2030. The molecule has 0 aliphatic carbocycles. The Hall–Kier alpha value is -3.29. The number of carbonyl (C=O) groups excluding carboxylic acids is 1. The molecular formula is C72H123NO18. The monoisotopic (exact) mass is 1290 g/mol. The third-order valence-electron chi connectivity index (χ3n) is 16.8. The summed E-state index contributed by atoms with van der Waals surface area (Å²) in [7, 11) is 0. The van der Waals surface area contributed by atoms with Gasteiger partial charge in [-0.15, -0.1) is 0 Å². The maximum Gasteiger partial charge on any atom is 0.220 e. The Morgan fingerprint density at radius 1 is 0.407 bits per heavy atom. The Labute approximate surface area is 545 Å². The molecule has 19 nitrogen and oxygen atoms in total. The van der Waals surface area contributed by atoms with E-state index in [1.54, 1.807) is 6.08 Å². The first-order valence-electron chi connectivity index (χ1n) is 35.0. The van der Waals surface area contributed by atoms with E-state index < -0.39 is 124 Å². The molecule has 19 heteroatoms. The molecule has 0 spiro atoms. The Balaban J connectivity index is 1.36. The number of hydrogen-bond acceptors (Lipinski definition) is 18. The average Bonchev–Trinajstić information content (AvgIpc) is 0.871. The van der Waals surface area contributed by atoms with Crippen molar-refractivity contribution >= 4 is 5.91 Å². The topological polar surface area (TPSA) is 307 Å². The fraction of sp³-hybridized carbons (Fsp3) is 0.764. The zero-order chi connectivity index (χ0) is 66.1. The van der Waals surface area contributed by atoms with E-state index in [0.717, 1.165) is 77.0 Å². The first-order chi connectivity index (χ1) is 44.3. The fourth-order valence-electron chi connectivity index (χ4n) is 11.2. The Morgan fingerprint density at radius 2 is 0.769 bits per heavy atom. The second-order valence-corrected chi connectivity index (χ2v) is 24.6. The van der Waals surface area contributed by atoms with Gasteiger partial charge in [-0.1, -0.05) is 220 Å². The van der Waals surface area contributed by atoms with Crippen molar-refractivity contribution in [2.24, 2.45) is 0 Å². The van der Waals surface area contributed by atoms with Crippen LogP contribution in [0.25, 0.3) is 0 Å². The van der Waals surface area contributed by atoms with Crippen LogP contribution in [-0.2, 0) is 33.2 Å². The highest BCUT2D eigenvalue weighted by Crippen LogP contribution is 2.33. The second kappa shape index (κ2) is 52.9. The molecule has 0 aromatic rings. The van der Waals surface area contributed by atoms with E-state index in [4.69, 9.17) is 28.4 Å². The normalized spacial score (nSPS) is 28.5. The lowest BCUT2D eigenvalue weighted by molar-refractivity contribution is -0.379. The summed E-state index contributed by atoms with van der Waals surface area (Å²) in [5, 5.41) is 120. The third kappa shape index (κ3) is 34.8. The van der Waals surface area contributed by atoms with E-state index in [1.165, 1.54) is 109 Å². The molecule has 3 saturated heterocycles. The van der Waals surface area contributed by atoms with Crippen LogP contribution in [0.2, 0.25) is 0 Å². The van der Waals surface area contributed by atoms with Crippen LogP contribution in [0.1, 0.15) is 219 Å². The number of aliphatic hydroxyl groups is 11. The predicted octanol–water partition coefficient (Wildman–Crippen LogP) is 9.27. The highest BCUT2D eigenvalue weighted by Gasteiger charge is 2.53. The first kappa shape index (κ1) is 81.9. The predicted molar refractivity (Wildman–Crippen MR) is 355 cm³/mol. The van der Waals surface area contributed by atoms with Gasteiger partial charge >= 0.3 is 0 Å². The van der Waals surface area contributed by atoms with Gasteiger partial charge in [0.25, 0.3) is 0 Å². The molecule has 17 unspecified atom stereocenters. The largest absolute Gasteiger partial charge is 0.394 e. The maximum absolute atomic E-state index is 13.4. The number of aliphatic hydroxyl groups excluding tert-OH is 11. The summed E-state index contributed by atoms with van der Waals surface area (Å²) >= 11 is 0. The van der Waals surface area contributed by atoms with E-state index in [2.05, 4.69) is 104 Å². The molecule has 3 fully saturated rings. The van der Waals surface area contributed by atoms with Gasteiger partial charge in [0.15, 0.2) is 18.9 Å². The molecule has 0 radical (unpaired) electrons. The SMILES string of the molecule is CC/C=C\C/C=C\C/C=C\C/C=C\C/C=C\CCCCCCCCCCCCCCCCCCCC(=O)NC(COC1OC(CO)C(OC2OC(CO)C(OC3OC(CO)C(O)C(O)C3O)C(O)C2O)C(O)C1O)C(O)/C=C/CC/C=C/CC/C=C/CCCCC. The van der Waals surface area contributed by atoms with Crippen molar-refractivity contribution in [3.8, 4) is 0 Å². The lowest BCUT2D eigenvalue weighted by Crippen LogP contribution is -2.66. The van der Waals surface area contributed by atoms with Crippen molar-refractivity contribution in [3.05, 3.63) is 97.2 Å². The zero-order valence-electron chi connectivity index (χ0n) is 55.3. The van der Waals surface area contributed by atoms with Crippen molar-refractivity contribution in [3.63, 3.8) is 0 Å². The first-order valence-corrected chi connectivity index (χ1v) is 35.0. The second-order valence-electron chi connectivity index (χ2n) is 24.6. The molecule has 3 heterocycles. The van der Waals surface area contributed by atoms with E-state index in [-0.39, 0.29) is 18.9 Å². The summed E-state index contributed by atoms with van der Waals surface area (Å²) in [6.45, 7) is 1.54. The number of rotatable bonds is 52. The van der Waals surface area contributed by atoms with E-state index in [0.29, 0.717) is 12.8 Å². The van der Waals surface area contributed by atoms with Crippen LogP contribution >= 0.6 is 0 Å². The molecule has 3 rings (SSSR count). The fourth-order valence-corrected chi connectivity index (χ4v) is 11.2. The van der Waals surface area contributed by atoms with E-state index in [1.807, 2.05) is 6.08 Å². The minimum absolute atomic E-state index is 0.228. The molecule has 0 aromatic carbocycles. The van der Waals surface area contributed by atoms with Crippen LogP contribution in [0.3, 0.4) is 0 Å². The number of carbonyl (C=O) groups is 1. The van der Waals surface area contributed by atoms with Crippen LogP contribution in [0, 0.1) is 0 Å². The quantitative estimate of drug-likeness (QED) is 0.0199. The molecule has 91 heavy (non-hydrogen) atoms. The molecule has 0 bridgehead atoms. The van der Waals surface area contributed by atoms with Crippen molar-refractivity contribution < 1.29 is 89.4 Å². The van der Waals surface area contributed by atoms with Crippen LogP contribution in [0.4, 0.5) is 0 Å². The van der Waals surface area contributed by atoms with E-state index in [9.17, 15) is 61.0 Å². The standard InChI is InChI=1S/C72H123NO18/c1-3-5-7-9-11-13-15-17-18-19-20-21-22-23-24-25-26-27-28-29-30-31-32-33-34-35-36-38-40-42-44-46-48-50-60(78)73-55(56(77)49-47-45-43-41-39-37-16-14-12-10-8-6-4-2)54-86-70-66(84)63(81)68(58(52-75)88-70)91-72-67(85)64(82)69(59(53-76)89-72)90-71-65(83)62(80)61(79)57(51-74)87-71/h5,7,11-14,17-18,20-21,23-24,39,41,47,49,55-59,61-72,74-77,79-85H,3-4,6,8-10,15-16,19,22,25-38,40,42-46,48,50-54H2,1-2H3,(H,73,78)/b7-5-,13-11-,14-12+,18-17-,21-20-,24-23-,41-39+,49-47+. The lowest BCUT2D eigenvalue weighted by atomic mass is 9.96. The Kier molecular flexibility index (Phi) is 47.7. The smallest absolute Gasteiger partial charge is 0.220 e. The summed E-state index contributed by atoms with van der Waals surface area (Å²) in [6, 6.07) is -1.000. The number of hydrogen-bond donors (Lipinski definition) is 12. The van der Waals surface area contributed by atoms with Gasteiger partial charge in [0.2, 0.25) is 5.91 Å². The van der Waals surface area contributed by atoms with Gasteiger partial charge in [-0.3, -0.25) is 4.79 Å². The van der Waals surface area contributed by atoms with Gasteiger partial charge < -0.3 is 89.9 Å². The molecule has 0 aromatic heterocycles. The molecule has 524 valence electrons. The minimum Gasteiger partial charge on any atom is -0.394 e. The summed E-state index contributed by atoms with van der Waals surface area (Å²) in [4.78, 5) is 13.4. The molecule has 3 aliphatic heterocycles. The van der Waals surface area contributed by atoms with Gasteiger partial charge in [-0.05, 0) is 89.9 Å². The zero-order valence-corrected chi connectivity index (χ0v) is 55.3. The van der Waals surface area contributed by atoms with Gasteiger partial charge in [0.05, 0.1) is 38.6 Å². The molecule has 12 N–H and O–H groups in total. The minimum atomic E-state index is -1.98. The highest BCUT2D eigenvalue weighted by atomic mass is 16.8. The van der Waals surface area contributed by atoms with Crippen LogP contribution in [-0.4, -0.2) is 193 Å². The maximum atomic E-state index is 13.4. The Morgan fingerprint density at radius 3 is 1.23 bits per heavy atom. The molecular weight excluding hydrogens is 1170 g/mol. The van der Waals surface area contributed by atoms with Crippen molar-refractivity contribution in [2.45, 2.75) is 324 Å². The number of unbranched alkanes of at least 4 members (excludes halogenated alkanes) is 22. The number of ether oxygens (including phenoxy) is 6. The highest BCUT2D eigenvalue weighted by molar-refractivity contribution is 5.76. The van der Waals surface area contributed by atoms with Crippen LogP contribution < -0.4 is 5.32 Å².